The predicted octanol–water partition coefficient (Wildman–Crippen LogP) is 0.112. The lowest BCUT2D eigenvalue weighted by Crippen LogP contribution is -2.12. The molecule has 0 aliphatic rings. The summed E-state index contributed by atoms with van der Waals surface area (Å²) >= 11 is 0. The normalized spacial score (nSPS) is 11.8. The number of hydrogen-bond acceptors (Lipinski definition) is 4. The molecule has 0 rings (SSSR count). The van der Waals surface area contributed by atoms with Crippen LogP contribution >= 0.6 is 0 Å². The molecule has 0 aliphatic carbocycles. The van der Waals surface area contributed by atoms with Crippen LogP contribution in [-0.2, 0) is 4.74 Å². The van der Waals surface area contributed by atoms with Crippen molar-refractivity contribution >= 4 is 0 Å². The molecule has 1 unspecified atom stereocenters. The van der Waals surface area contributed by atoms with Crippen molar-refractivity contribution < 1.29 is 20.1 Å². The summed E-state index contributed by atoms with van der Waals surface area (Å²) in [5, 5.41) is 24.4. The summed E-state index contributed by atoms with van der Waals surface area (Å²) in [7, 11) is 1.32. The second-order valence-electron chi connectivity index (χ2n) is 2.30. The van der Waals surface area contributed by atoms with Crippen molar-refractivity contribution in [2.24, 2.45) is 0 Å². The molecule has 3 N–H and O–H groups in total. The highest BCUT2D eigenvalue weighted by Gasteiger charge is 1.92. The summed E-state index contributed by atoms with van der Waals surface area (Å²) in [6.07, 6.45) is 2.32. The van der Waals surface area contributed by atoms with Crippen LogP contribution in [0.1, 0.15) is 26.2 Å². The second kappa shape index (κ2) is 13.4. The molecule has 0 saturated carbocycles. The van der Waals surface area contributed by atoms with E-state index >= 15 is 0 Å². The molecule has 0 spiro atoms. The Morgan fingerprint density at radius 1 is 1.25 bits per heavy atom. The van der Waals surface area contributed by atoms with Crippen LogP contribution in [0.3, 0.4) is 0 Å². The lowest BCUT2D eigenvalue weighted by Gasteiger charge is -1.99. The highest BCUT2D eigenvalue weighted by atomic mass is 16.6. The molecular formula is C8H20O4. The van der Waals surface area contributed by atoms with Gasteiger partial charge in [-0.05, 0) is 6.42 Å². The molecule has 4 heteroatoms. The summed E-state index contributed by atoms with van der Waals surface area (Å²) in [5.74, 6) is 0. The molecular weight excluding hydrogens is 160 g/mol. The summed E-state index contributed by atoms with van der Waals surface area (Å²) < 4.78 is 4.20. The number of ether oxygens (including phenoxy) is 1. The largest absolute Gasteiger partial charge is 0.396 e. The first-order valence-corrected chi connectivity index (χ1v) is 4.15. The summed E-state index contributed by atoms with van der Waals surface area (Å²) in [6.45, 7) is 2.14. The molecule has 0 saturated heterocycles. The Labute approximate surface area is 73.8 Å². The van der Waals surface area contributed by atoms with Gasteiger partial charge in [0.25, 0.3) is 0 Å². The summed E-state index contributed by atoms with van der Waals surface area (Å²) in [6, 6.07) is 0. The maximum absolute atomic E-state index is 8.20. The van der Waals surface area contributed by atoms with Gasteiger partial charge in [0.2, 0.25) is 0 Å². The quantitative estimate of drug-likeness (QED) is 0.415. The molecule has 0 heterocycles. The van der Waals surface area contributed by atoms with Gasteiger partial charge in [-0.2, -0.15) is 0 Å². The highest BCUT2D eigenvalue weighted by molar-refractivity contribution is 4.30. The van der Waals surface area contributed by atoms with E-state index in [0.717, 1.165) is 12.8 Å². The fraction of sp³-hybridized carbons (Fsp3) is 1.00. The van der Waals surface area contributed by atoms with Gasteiger partial charge in [-0.1, -0.05) is 19.8 Å². The lowest BCUT2D eigenvalue weighted by molar-refractivity contribution is -0.102. The topological polar surface area (TPSA) is 69.9 Å². The van der Waals surface area contributed by atoms with Crippen LogP contribution in [0.25, 0.3) is 0 Å². The van der Waals surface area contributed by atoms with Gasteiger partial charge in [0.05, 0.1) is 6.61 Å². The molecule has 1 atom stereocenters. The van der Waals surface area contributed by atoms with E-state index < -0.39 is 6.29 Å². The standard InChI is InChI=1S/C5H12O.C3H8O3/c1-2-3-4-5-6;1-6-3(5)2-4/h6H,2-5H2,1H3;3-5H,2H2,1H3. The third-order valence-electron chi connectivity index (χ3n) is 1.19. The number of aliphatic hydroxyl groups is 3. The van der Waals surface area contributed by atoms with Crippen molar-refractivity contribution in [3.63, 3.8) is 0 Å². The van der Waals surface area contributed by atoms with E-state index in [2.05, 4.69) is 11.7 Å². The number of unbranched alkanes of at least 4 members (excludes halogenated alkanes) is 2. The molecule has 0 bridgehead atoms. The fourth-order valence-electron chi connectivity index (χ4n) is 0.436. The Morgan fingerprint density at radius 2 is 1.83 bits per heavy atom. The minimum atomic E-state index is -1.01. The average Bonchev–Trinajstić information content (AvgIpc) is 2.14. The van der Waals surface area contributed by atoms with E-state index in [1.54, 1.807) is 0 Å². The molecule has 0 aromatic carbocycles. The minimum absolute atomic E-state index is 0.337. The van der Waals surface area contributed by atoms with Gasteiger partial charge in [-0.15, -0.1) is 0 Å². The molecule has 4 nitrogen and oxygen atoms in total. The van der Waals surface area contributed by atoms with Crippen LogP contribution < -0.4 is 0 Å². The fourth-order valence-corrected chi connectivity index (χ4v) is 0.436. The first-order valence-electron chi connectivity index (χ1n) is 4.15. The Hall–Kier alpha value is -0.160. The van der Waals surface area contributed by atoms with Crippen molar-refractivity contribution in [3.8, 4) is 0 Å². The van der Waals surface area contributed by atoms with Gasteiger partial charge in [0, 0.05) is 13.7 Å². The smallest absolute Gasteiger partial charge is 0.177 e. The van der Waals surface area contributed by atoms with E-state index in [1.807, 2.05) is 0 Å². The van der Waals surface area contributed by atoms with E-state index in [0.29, 0.717) is 6.61 Å². The first kappa shape index (κ1) is 14.4. The molecule has 0 aliphatic heterocycles. The van der Waals surface area contributed by atoms with Gasteiger partial charge >= 0.3 is 0 Å². The van der Waals surface area contributed by atoms with Crippen LogP contribution in [0.4, 0.5) is 0 Å². The van der Waals surface area contributed by atoms with Crippen molar-refractivity contribution in [2.45, 2.75) is 32.5 Å². The number of aliphatic hydroxyl groups excluding tert-OH is 3. The van der Waals surface area contributed by atoms with Crippen LogP contribution in [0.2, 0.25) is 0 Å². The maximum Gasteiger partial charge on any atom is 0.177 e. The van der Waals surface area contributed by atoms with Gasteiger partial charge in [-0.3, -0.25) is 0 Å². The van der Waals surface area contributed by atoms with Crippen molar-refractivity contribution in [1.29, 1.82) is 0 Å². The second-order valence-corrected chi connectivity index (χ2v) is 2.30. The average molecular weight is 180 g/mol. The Bertz CT molecular complexity index is 60.1. The minimum Gasteiger partial charge on any atom is -0.396 e. The Morgan fingerprint density at radius 3 is 1.92 bits per heavy atom. The molecule has 0 radical (unpaired) electrons. The van der Waals surface area contributed by atoms with Crippen molar-refractivity contribution in [1.82, 2.24) is 0 Å². The third kappa shape index (κ3) is 16.4. The zero-order chi connectivity index (χ0) is 9.82. The summed E-state index contributed by atoms with van der Waals surface area (Å²) in [5.41, 5.74) is 0. The molecule has 12 heavy (non-hydrogen) atoms. The number of methoxy groups -OCH3 is 1. The van der Waals surface area contributed by atoms with E-state index in [9.17, 15) is 0 Å². The molecule has 0 fully saturated rings. The zero-order valence-electron chi connectivity index (χ0n) is 7.86. The number of hydrogen-bond donors (Lipinski definition) is 3. The Balaban J connectivity index is 0. The van der Waals surface area contributed by atoms with Gasteiger partial charge < -0.3 is 20.1 Å². The monoisotopic (exact) mass is 180 g/mol. The van der Waals surface area contributed by atoms with Gasteiger partial charge in [0.1, 0.15) is 0 Å². The molecule has 0 amide bonds. The van der Waals surface area contributed by atoms with E-state index in [4.69, 9.17) is 15.3 Å². The van der Waals surface area contributed by atoms with E-state index in [1.165, 1.54) is 13.5 Å². The molecule has 76 valence electrons. The van der Waals surface area contributed by atoms with Crippen molar-refractivity contribution in [3.05, 3.63) is 0 Å². The summed E-state index contributed by atoms with van der Waals surface area (Å²) in [4.78, 5) is 0. The Kier molecular flexibility index (Phi) is 16.1. The zero-order valence-corrected chi connectivity index (χ0v) is 7.86. The van der Waals surface area contributed by atoms with E-state index in [-0.39, 0.29) is 6.61 Å². The van der Waals surface area contributed by atoms with Crippen LogP contribution in [0.5, 0.6) is 0 Å². The van der Waals surface area contributed by atoms with Crippen molar-refractivity contribution in [2.75, 3.05) is 20.3 Å². The van der Waals surface area contributed by atoms with Crippen LogP contribution in [0, 0.1) is 0 Å². The predicted molar refractivity (Wildman–Crippen MR) is 46.7 cm³/mol. The number of rotatable bonds is 5. The first-order chi connectivity index (χ1) is 5.72. The van der Waals surface area contributed by atoms with Gasteiger partial charge in [0.15, 0.2) is 6.29 Å². The van der Waals surface area contributed by atoms with Crippen LogP contribution in [0.15, 0.2) is 0 Å². The SMILES string of the molecule is CCCCCO.COC(O)CO. The maximum atomic E-state index is 8.20. The lowest BCUT2D eigenvalue weighted by atomic mass is 10.3. The molecule has 0 aromatic rings. The highest BCUT2D eigenvalue weighted by Crippen LogP contribution is 1.89. The molecule has 0 aromatic heterocycles. The van der Waals surface area contributed by atoms with Gasteiger partial charge in [-0.25, -0.2) is 0 Å². The van der Waals surface area contributed by atoms with Crippen LogP contribution in [-0.4, -0.2) is 41.9 Å². The third-order valence-corrected chi connectivity index (χ3v) is 1.19.